The number of nitrogens with zero attached hydrogens (tertiary/aromatic N) is 2. The molecule has 0 unspecified atom stereocenters. The highest BCUT2D eigenvalue weighted by Gasteiger charge is 2.11. The zero-order valence-electron chi connectivity index (χ0n) is 12.3. The number of pyridine rings is 1. The Hall–Kier alpha value is -1.70. The van der Waals surface area contributed by atoms with Gasteiger partial charge in [-0.25, -0.2) is 0 Å². The van der Waals surface area contributed by atoms with E-state index >= 15 is 0 Å². The second-order valence-corrected chi connectivity index (χ2v) is 5.89. The van der Waals surface area contributed by atoms with E-state index in [1.807, 2.05) is 12.3 Å². The lowest BCUT2D eigenvalue weighted by atomic mass is 10.0. The molecule has 0 atom stereocenters. The van der Waals surface area contributed by atoms with Crippen LogP contribution in [0.2, 0.25) is 0 Å². The summed E-state index contributed by atoms with van der Waals surface area (Å²) in [6.45, 7) is 8.63. The Morgan fingerprint density at radius 3 is 2.68 bits per heavy atom. The third kappa shape index (κ3) is 3.63. The van der Waals surface area contributed by atoms with Crippen molar-refractivity contribution in [2.75, 3.05) is 0 Å². The maximum absolute atomic E-state index is 4.87. The Balaban J connectivity index is 2.47. The fourth-order valence-corrected chi connectivity index (χ4v) is 2.16. The Morgan fingerprint density at radius 1 is 1.21 bits per heavy atom. The van der Waals surface area contributed by atoms with Crippen molar-refractivity contribution < 1.29 is 0 Å². The van der Waals surface area contributed by atoms with Crippen LogP contribution in [0.1, 0.15) is 46.1 Å². The minimum atomic E-state index is -0.0333. The molecule has 0 radical (unpaired) electrons. The van der Waals surface area contributed by atoms with Crippen molar-refractivity contribution in [2.24, 2.45) is 4.99 Å². The highest BCUT2D eigenvalue weighted by molar-refractivity contribution is 6.03. The summed E-state index contributed by atoms with van der Waals surface area (Å²) >= 11 is 0. The smallest absolute Gasteiger partial charge is 0.0702 e. The molecule has 0 amide bonds. The lowest BCUT2D eigenvalue weighted by Crippen LogP contribution is -2.15. The molecule has 1 aromatic heterocycles. The van der Waals surface area contributed by atoms with Crippen LogP contribution in [0.3, 0.4) is 0 Å². The van der Waals surface area contributed by atoms with E-state index in [-0.39, 0.29) is 5.54 Å². The van der Waals surface area contributed by atoms with Gasteiger partial charge in [0.05, 0.1) is 11.1 Å². The van der Waals surface area contributed by atoms with E-state index in [1.165, 1.54) is 16.7 Å². The molecule has 0 N–H and O–H groups in total. The van der Waals surface area contributed by atoms with Crippen molar-refractivity contribution in [1.82, 2.24) is 4.98 Å². The van der Waals surface area contributed by atoms with Gasteiger partial charge in [0.25, 0.3) is 0 Å². The van der Waals surface area contributed by atoms with E-state index in [9.17, 15) is 0 Å². The molecule has 0 aliphatic heterocycles. The average molecular weight is 254 g/mol. The topological polar surface area (TPSA) is 25.2 Å². The van der Waals surface area contributed by atoms with Gasteiger partial charge < -0.3 is 0 Å². The van der Waals surface area contributed by atoms with Crippen molar-refractivity contribution in [3.8, 4) is 0 Å². The summed E-state index contributed by atoms with van der Waals surface area (Å²) in [5.74, 6) is 0. The first-order valence-corrected chi connectivity index (χ1v) is 6.93. The first-order valence-electron chi connectivity index (χ1n) is 6.93. The summed E-state index contributed by atoms with van der Waals surface area (Å²) in [6, 6.07) is 10.5. The molecule has 0 fully saturated rings. The highest BCUT2D eigenvalue weighted by atomic mass is 14.8. The van der Waals surface area contributed by atoms with E-state index in [0.717, 1.165) is 18.4 Å². The Morgan fingerprint density at radius 2 is 2.00 bits per heavy atom. The van der Waals surface area contributed by atoms with Crippen molar-refractivity contribution in [3.05, 3.63) is 42.1 Å². The van der Waals surface area contributed by atoms with E-state index in [0.29, 0.717) is 0 Å². The predicted octanol–water partition coefficient (Wildman–Crippen LogP) is 4.62. The van der Waals surface area contributed by atoms with Crippen LogP contribution in [0.4, 0.5) is 0 Å². The average Bonchev–Trinajstić information content (AvgIpc) is 2.36. The molecule has 2 heteroatoms. The van der Waals surface area contributed by atoms with Gasteiger partial charge in [-0.1, -0.05) is 25.5 Å². The number of hydrogen-bond acceptors (Lipinski definition) is 2. The van der Waals surface area contributed by atoms with Crippen LogP contribution >= 0.6 is 0 Å². The molecule has 0 saturated heterocycles. The number of fused-ring (bicyclic) bond motifs is 1. The number of aromatic nitrogens is 1. The highest BCUT2D eigenvalue weighted by Crippen LogP contribution is 2.18. The summed E-state index contributed by atoms with van der Waals surface area (Å²) in [7, 11) is 0. The quantitative estimate of drug-likeness (QED) is 0.733. The van der Waals surface area contributed by atoms with Gasteiger partial charge in [-0.15, -0.1) is 0 Å². The van der Waals surface area contributed by atoms with E-state index in [4.69, 9.17) is 4.99 Å². The Bertz CT molecular complexity index is 591. The maximum atomic E-state index is 4.87. The number of benzene rings is 1. The molecule has 0 aliphatic carbocycles. The third-order valence-corrected chi connectivity index (χ3v) is 2.89. The van der Waals surface area contributed by atoms with Crippen molar-refractivity contribution in [3.63, 3.8) is 0 Å². The third-order valence-electron chi connectivity index (χ3n) is 2.89. The van der Waals surface area contributed by atoms with E-state index in [1.54, 1.807) is 0 Å². The van der Waals surface area contributed by atoms with Crippen molar-refractivity contribution >= 4 is 16.6 Å². The van der Waals surface area contributed by atoms with Gasteiger partial charge in [0.2, 0.25) is 0 Å². The van der Waals surface area contributed by atoms with Crippen LogP contribution in [0.15, 0.2) is 41.5 Å². The molecule has 0 aliphatic rings. The van der Waals surface area contributed by atoms with Gasteiger partial charge in [0, 0.05) is 17.3 Å². The summed E-state index contributed by atoms with van der Waals surface area (Å²) in [4.78, 5) is 9.23. The zero-order chi connectivity index (χ0) is 13.9. The number of aliphatic imine (C=N–C) groups is 1. The van der Waals surface area contributed by atoms with Crippen LogP contribution in [0.5, 0.6) is 0 Å². The first kappa shape index (κ1) is 13.7. The molecule has 19 heavy (non-hydrogen) atoms. The fraction of sp³-hybridized carbons (Fsp3) is 0.412. The molecule has 2 aromatic rings. The molecule has 2 nitrogen and oxygen atoms in total. The second-order valence-electron chi connectivity index (χ2n) is 5.89. The summed E-state index contributed by atoms with van der Waals surface area (Å²) in [6.07, 6.45) is 3.96. The number of hydrogen-bond donors (Lipinski definition) is 0. The minimum Gasteiger partial charge on any atom is -0.283 e. The minimum absolute atomic E-state index is 0.0333. The van der Waals surface area contributed by atoms with Crippen LogP contribution < -0.4 is 0 Å². The standard InChI is InChI=1S/C17H22N2/c1-5-7-16(19-17(2,3)4)14-9-10-15-13(12-14)8-6-11-18-15/h6,8-12H,5,7H2,1-4H3. The van der Waals surface area contributed by atoms with Crippen LogP contribution in [0.25, 0.3) is 10.9 Å². The Labute approximate surface area is 115 Å². The van der Waals surface area contributed by atoms with Gasteiger partial charge in [0.15, 0.2) is 0 Å². The van der Waals surface area contributed by atoms with Gasteiger partial charge in [-0.05, 0) is 51.0 Å². The van der Waals surface area contributed by atoms with Crippen LogP contribution in [-0.2, 0) is 0 Å². The molecule has 0 bridgehead atoms. The zero-order valence-corrected chi connectivity index (χ0v) is 12.3. The monoisotopic (exact) mass is 254 g/mol. The first-order chi connectivity index (χ1) is 8.99. The normalized spacial score (nSPS) is 12.9. The Kier molecular flexibility index (Phi) is 3.98. The molecule has 1 aromatic carbocycles. The van der Waals surface area contributed by atoms with E-state index in [2.05, 4.69) is 56.9 Å². The molecule has 2 rings (SSSR count). The van der Waals surface area contributed by atoms with Gasteiger partial charge in [-0.3, -0.25) is 9.98 Å². The molecule has 1 heterocycles. The predicted molar refractivity (Wildman–Crippen MR) is 82.9 cm³/mol. The summed E-state index contributed by atoms with van der Waals surface area (Å²) in [5, 5.41) is 1.18. The molecule has 0 spiro atoms. The summed E-state index contributed by atoms with van der Waals surface area (Å²) < 4.78 is 0. The SMILES string of the molecule is CCCC(=NC(C)(C)C)c1ccc2ncccc2c1. The lowest BCUT2D eigenvalue weighted by Gasteiger charge is -2.16. The molecule has 0 saturated carbocycles. The van der Waals surface area contributed by atoms with Gasteiger partial charge in [0.1, 0.15) is 0 Å². The lowest BCUT2D eigenvalue weighted by molar-refractivity contribution is 0.581. The largest absolute Gasteiger partial charge is 0.283 e. The van der Waals surface area contributed by atoms with Crippen LogP contribution in [0, 0.1) is 0 Å². The molecular formula is C17H22N2. The van der Waals surface area contributed by atoms with Crippen LogP contribution in [-0.4, -0.2) is 16.2 Å². The van der Waals surface area contributed by atoms with E-state index < -0.39 is 0 Å². The van der Waals surface area contributed by atoms with Crippen molar-refractivity contribution in [1.29, 1.82) is 0 Å². The fourth-order valence-electron chi connectivity index (χ4n) is 2.16. The van der Waals surface area contributed by atoms with Gasteiger partial charge in [-0.2, -0.15) is 0 Å². The maximum Gasteiger partial charge on any atom is 0.0702 e. The molecular weight excluding hydrogens is 232 g/mol. The van der Waals surface area contributed by atoms with Gasteiger partial charge >= 0.3 is 0 Å². The summed E-state index contributed by atoms with van der Waals surface area (Å²) in [5.41, 5.74) is 3.42. The second kappa shape index (κ2) is 5.52. The number of rotatable bonds is 3. The van der Waals surface area contributed by atoms with Crippen molar-refractivity contribution in [2.45, 2.75) is 46.1 Å². The molecule has 100 valence electrons.